The van der Waals surface area contributed by atoms with Gasteiger partial charge in [0.25, 0.3) is 0 Å². The molecule has 0 saturated carbocycles. The second-order valence-corrected chi connectivity index (χ2v) is 4.60. The minimum absolute atomic E-state index is 0.229. The van der Waals surface area contributed by atoms with E-state index < -0.39 is 6.61 Å². The summed E-state index contributed by atoms with van der Waals surface area (Å²) in [4.78, 5) is 12.8. The monoisotopic (exact) mass is 235 g/mol. The van der Waals surface area contributed by atoms with Gasteiger partial charge in [0.05, 0.1) is 0 Å². The SMILES string of the molecule is Cc1cc(C)c(CCN(C)C(=O)CO)c(C)c1. The maximum absolute atomic E-state index is 11.2. The van der Waals surface area contributed by atoms with E-state index in [0.717, 1.165) is 6.42 Å². The van der Waals surface area contributed by atoms with Gasteiger partial charge in [-0.15, -0.1) is 0 Å². The van der Waals surface area contributed by atoms with Crippen molar-refractivity contribution in [2.45, 2.75) is 27.2 Å². The van der Waals surface area contributed by atoms with Crippen LogP contribution in [0.5, 0.6) is 0 Å². The van der Waals surface area contributed by atoms with Crippen LogP contribution >= 0.6 is 0 Å². The number of benzene rings is 1. The molecule has 1 aromatic carbocycles. The highest BCUT2D eigenvalue weighted by molar-refractivity contribution is 5.76. The number of aliphatic hydroxyl groups is 1. The van der Waals surface area contributed by atoms with Crippen LogP contribution < -0.4 is 0 Å². The van der Waals surface area contributed by atoms with Gasteiger partial charge in [0, 0.05) is 13.6 Å². The molecule has 0 aromatic heterocycles. The molecule has 0 radical (unpaired) electrons. The lowest BCUT2D eigenvalue weighted by Gasteiger charge is -2.18. The first-order valence-electron chi connectivity index (χ1n) is 5.87. The van der Waals surface area contributed by atoms with Gasteiger partial charge in [-0.3, -0.25) is 4.79 Å². The summed E-state index contributed by atoms with van der Waals surface area (Å²) in [5.74, 6) is -0.229. The molecular formula is C14H21NO2. The summed E-state index contributed by atoms with van der Waals surface area (Å²) in [6, 6.07) is 4.33. The third-order valence-electron chi connectivity index (χ3n) is 3.10. The van der Waals surface area contributed by atoms with Gasteiger partial charge < -0.3 is 10.0 Å². The highest BCUT2D eigenvalue weighted by atomic mass is 16.3. The smallest absolute Gasteiger partial charge is 0.248 e. The van der Waals surface area contributed by atoms with Gasteiger partial charge in [0.1, 0.15) is 6.61 Å². The van der Waals surface area contributed by atoms with E-state index in [9.17, 15) is 4.79 Å². The van der Waals surface area contributed by atoms with Gasteiger partial charge in [-0.05, 0) is 43.9 Å². The quantitative estimate of drug-likeness (QED) is 0.861. The fourth-order valence-corrected chi connectivity index (χ4v) is 2.13. The van der Waals surface area contributed by atoms with Crippen LogP contribution in [0.15, 0.2) is 12.1 Å². The van der Waals surface area contributed by atoms with Crippen molar-refractivity contribution in [1.82, 2.24) is 4.90 Å². The molecule has 0 bridgehead atoms. The fourth-order valence-electron chi connectivity index (χ4n) is 2.13. The maximum Gasteiger partial charge on any atom is 0.248 e. The molecule has 1 amide bonds. The first-order chi connectivity index (χ1) is 7.95. The van der Waals surface area contributed by atoms with Crippen molar-refractivity contribution in [3.05, 3.63) is 34.4 Å². The summed E-state index contributed by atoms with van der Waals surface area (Å²) in [7, 11) is 1.72. The Balaban J connectivity index is 2.73. The van der Waals surface area contributed by atoms with E-state index in [1.807, 2.05) is 0 Å². The van der Waals surface area contributed by atoms with E-state index in [2.05, 4.69) is 32.9 Å². The van der Waals surface area contributed by atoms with E-state index in [-0.39, 0.29) is 5.91 Å². The van der Waals surface area contributed by atoms with Gasteiger partial charge in [-0.2, -0.15) is 0 Å². The third-order valence-corrected chi connectivity index (χ3v) is 3.10. The van der Waals surface area contributed by atoms with Gasteiger partial charge in [0.15, 0.2) is 0 Å². The van der Waals surface area contributed by atoms with Gasteiger partial charge in [0.2, 0.25) is 5.91 Å². The molecular weight excluding hydrogens is 214 g/mol. The van der Waals surface area contributed by atoms with Crippen LogP contribution in [-0.4, -0.2) is 36.1 Å². The van der Waals surface area contributed by atoms with Crippen LogP contribution in [0.4, 0.5) is 0 Å². The zero-order valence-electron chi connectivity index (χ0n) is 11.1. The Labute approximate surface area is 103 Å². The van der Waals surface area contributed by atoms with Crippen molar-refractivity contribution < 1.29 is 9.90 Å². The minimum atomic E-state index is -0.414. The predicted molar refractivity (Wildman–Crippen MR) is 69.1 cm³/mol. The number of hydrogen-bond donors (Lipinski definition) is 1. The summed E-state index contributed by atoms with van der Waals surface area (Å²) in [5, 5.41) is 8.76. The summed E-state index contributed by atoms with van der Waals surface area (Å²) in [5.41, 5.74) is 5.11. The molecule has 94 valence electrons. The second kappa shape index (κ2) is 5.82. The fraction of sp³-hybridized carbons (Fsp3) is 0.500. The Morgan fingerprint density at radius 2 is 1.76 bits per heavy atom. The van der Waals surface area contributed by atoms with Crippen LogP contribution in [-0.2, 0) is 11.2 Å². The van der Waals surface area contributed by atoms with Crippen molar-refractivity contribution in [2.24, 2.45) is 0 Å². The van der Waals surface area contributed by atoms with Crippen LogP contribution in [0.1, 0.15) is 22.3 Å². The Hall–Kier alpha value is -1.35. The molecule has 0 heterocycles. The number of likely N-dealkylation sites (N-methyl/N-ethyl adjacent to an activating group) is 1. The average molecular weight is 235 g/mol. The standard InChI is InChI=1S/C14H21NO2/c1-10-7-11(2)13(12(3)8-10)5-6-15(4)14(17)9-16/h7-8,16H,5-6,9H2,1-4H3. The molecule has 0 fully saturated rings. The lowest BCUT2D eigenvalue weighted by atomic mass is 9.97. The molecule has 1 rings (SSSR count). The van der Waals surface area contributed by atoms with Crippen LogP contribution in [0.2, 0.25) is 0 Å². The molecule has 17 heavy (non-hydrogen) atoms. The Kier molecular flexibility index (Phi) is 4.70. The highest BCUT2D eigenvalue weighted by Crippen LogP contribution is 2.17. The molecule has 1 N–H and O–H groups in total. The topological polar surface area (TPSA) is 40.5 Å². The van der Waals surface area contributed by atoms with E-state index in [4.69, 9.17) is 5.11 Å². The van der Waals surface area contributed by atoms with Gasteiger partial charge in [-0.1, -0.05) is 17.7 Å². The van der Waals surface area contributed by atoms with Crippen LogP contribution in [0.25, 0.3) is 0 Å². The first-order valence-corrected chi connectivity index (χ1v) is 5.87. The molecule has 3 nitrogen and oxygen atoms in total. The first kappa shape index (κ1) is 13.7. The van der Waals surface area contributed by atoms with Crippen molar-refractivity contribution >= 4 is 5.91 Å². The zero-order valence-corrected chi connectivity index (χ0v) is 11.1. The molecule has 3 heteroatoms. The molecule has 0 atom stereocenters. The summed E-state index contributed by atoms with van der Waals surface area (Å²) in [6.45, 7) is 6.52. The van der Waals surface area contributed by atoms with E-state index in [0.29, 0.717) is 6.54 Å². The number of carbonyl (C=O) groups is 1. The number of aryl methyl sites for hydroxylation is 3. The Morgan fingerprint density at radius 1 is 1.24 bits per heavy atom. The largest absolute Gasteiger partial charge is 0.387 e. The molecule has 0 unspecified atom stereocenters. The zero-order chi connectivity index (χ0) is 13.0. The average Bonchev–Trinajstić information content (AvgIpc) is 2.26. The normalized spacial score (nSPS) is 10.4. The molecule has 0 aliphatic rings. The van der Waals surface area contributed by atoms with Crippen molar-refractivity contribution in [1.29, 1.82) is 0 Å². The lowest BCUT2D eigenvalue weighted by molar-refractivity contribution is -0.132. The van der Waals surface area contributed by atoms with E-state index in [1.54, 1.807) is 11.9 Å². The van der Waals surface area contributed by atoms with Gasteiger partial charge in [-0.25, -0.2) is 0 Å². The number of rotatable bonds is 4. The number of nitrogens with zero attached hydrogens (tertiary/aromatic N) is 1. The van der Waals surface area contributed by atoms with E-state index in [1.165, 1.54) is 22.3 Å². The Bertz CT molecular complexity index is 390. The van der Waals surface area contributed by atoms with Gasteiger partial charge >= 0.3 is 0 Å². The molecule has 0 aliphatic carbocycles. The molecule has 0 aliphatic heterocycles. The number of hydrogen-bond acceptors (Lipinski definition) is 2. The summed E-state index contributed by atoms with van der Waals surface area (Å²) in [6.07, 6.45) is 0.834. The number of carbonyl (C=O) groups excluding carboxylic acids is 1. The highest BCUT2D eigenvalue weighted by Gasteiger charge is 2.09. The van der Waals surface area contributed by atoms with Crippen molar-refractivity contribution in [3.8, 4) is 0 Å². The summed E-state index contributed by atoms with van der Waals surface area (Å²) < 4.78 is 0. The van der Waals surface area contributed by atoms with Crippen molar-refractivity contribution in [3.63, 3.8) is 0 Å². The molecule has 1 aromatic rings. The maximum atomic E-state index is 11.2. The molecule has 0 saturated heterocycles. The van der Waals surface area contributed by atoms with Crippen LogP contribution in [0, 0.1) is 20.8 Å². The number of aliphatic hydroxyl groups excluding tert-OH is 1. The molecule has 0 spiro atoms. The van der Waals surface area contributed by atoms with Crippen molar-refractivity contribution in [2.75, 3.05) is 20.2 Å². The Morgan fingerprint density at radius 3 is 2.24 bits per heavy atom. The lowest BCUT2D eigenvalue weighted by Crippen LogP contribution is -2.31. The third kappa shape index (κ3) is 3.56. The predicted octanol–water partition coefficient (Wildman–Crippen LogP) is 1.61. The van der Waals surface area contributed by atoms with Crippen LogP contribution in [0.3, 0.4) is 0 Å². The minimum Gasteiger partial charge on any atom is -0.387 e. The second-order valence-electron chi connectivity index (χ2n) is 4.60. The van der Waals surface area contributed by atoms with E-state index >= 15 is 0 Å². The number of amides is 1. The summed E-state index contributed by atoms with van der Waals surface area (Å²) >= 11 is 0.